The van der Waals surface area contributed by atoms with Crippen LogP contribution in [0.15, 0.2) is 72.9 Å². The monoisotopic (exact) mass is 346 g/mol. The largest absolute Gasteiger partial charge is 0.494 e. The fraction of sp³-hybridized carbons (Fsp3) is 0.182. The molecule has 3 rings (SSSR count). The van der Waals surface area contributed by atoms with Crippen molar-refractivity contribution in [2.45, 2.75) is 19.9 Å². The van der Waals surface area contributed by atoms with Gasteiger partial charge < -0.3 is 10.1 Å². The molecule has 2 aromatic carbocycles. The summed E-state index contributed by atoms with van der Waals surface area (Å²) in [6, 6.07) is 21.4. The molecule has 0 aliphatic rings. The van der Waals surface area contributed by atoms with Crippen LogP contribution in [0.2, 0.25) is 0 Å². The quantitative estimate of drug-likeness (QED) is 0.707. The molecule has 0 radical (unpaired) electrons. The summed E-state index contributed by atoms with van der Waals surface area (Å²) in [5, 5.41) is 2.98. The van der Waals surface area contributed by atoms with Gasteiger partial charge in [-0.05, 0) is 54.8 Å². The van der Waals surface area contributed by atoms with E-state index in [0.717, 1.165) is 22.4 Å². The smallest absolute Gasteiger partial charge is 0.270 e. The Morgan fingerprint density at radius 1 is 1.00 bits per heavy atom. The van der Waals surface area contributed by atoms with Gasteiger partial charge in [0.05, 0.1) is 12.6 Å². The third-order valence-corrected chi connectivity index (χ3v) is 4.15. The molecular formula is C22H22N2O2. The predicted octanol–water partition coefficient (Wildman–Crippen LogP) is 4.64. The second kappa shape index (κ2) is 8.30. The molecule has 1 unspecified atom stereocenters. The number of hydrogen-bond acceptors (Lipinski definition) is 3. The van der Waals surface area contributed by atoms with Crippen LogP contribution in [0.3, 0.4) is 0 Å². The van der Waals surface area contributed by atoms with Gasteiger partial charge >= 0.3 is 0 Å². The molecular weight excluding hydrogens is 324 g/mol. The van der Waals surface area contributed by atoms with Crippen molar-refractivity contribution in [2.75, 3.05) is 6.61 Å². The van der Waals surface area contributed by atoms with E-state index < -0.39 is 0 Å². The van der Waals surface area contributed by atoms with Gasteiger partial charge in [0.1, 0.15) is 11.4 Å². The summed E-state index contributed by atoms with van der Waals surface area (Å²) >= 11 is 0. The number of carbonyl (C=O) groups is 1. The van der Waals surface area contributed by atoms with Gasteiger partial charge in [0.2, 0.25) is 0 Å². The molecule has 0 aliphatic heterocycles. The summed E-state index contributed by atoms with van der Waals surface area (Å²) < 4.78 is 5.48. The third kappa shape index (κ3) is 4.28. The molecule has 26 heavy (non-hydrogen) atoms. The van der Waals surface area contributed by atoms with Gasteiger partial charge in [-0.25, -0.2) is 0 Å². The third-order valence-electron chi connectivity index (χ3n) is 4.15. The zero-order valence-corrected chi connectivity index (χ0v) is 15.0. The maximum atomic E-state index is 12.2. The fourth-order valence-corrected chi connectivity index (χ4v) is 2.73. The number of nitrogens with zero attached hydrogens (tertiary/aromatic N) is 1. The lowest BCUT2D eigenvalue weighted by Crippen LogP contribution is -2.27. The first-order valence-corrected chi connectivity index (χ1v) is 8.72. The number of pyridine rings is 1. The second-order valence-electron chi connectivity index (χ2n) is 5.99. The molecule has 0 aliphatic carbocycles. The predicted molar refractivity (Wildman–Crippen MR) is 103 cm³/mol. The lowest BCUT2D eigenvalue weighted by Gasteiger charge is -2.15. The van der Waals surface area contributed by atoms with Gasteiger partial charge in [0.25, 0.3) is 5.91 Å². The molecule has 0 bridgehead atoms. The van der Waals surface area contributed by atoms with Crippen molar-refractivity contribution < 1.29 is 9.53 Å². The SMILES string of the molecule is CCOc1ccc(-c2ccc(C(C)NC(=O)c3ccccn3)cc2)cc1. The lowest BCUT2D eigenvalue weighted by atomic mass is 10.0. The Kier molecular flexibility index (Phi) is 5.64. The number of hydrogen-bond donors (Lipinski definition) is 1. The first-order chi connectivity index (χ1) is 12.7. The van der Waals surface area contributed by atoms with Gasteiger partial charge in [-0.15, -0.1) is 0 Å². The Hall–Kier alpha value is -3.14. The summed E-state index contributed by atoms with van der Waals surface area (Å²) in [6.07, 6.45) is 1.62. The molecule has 1 heterocycles. The van der Waals surface area contributed by atoms with E-state index in [1.807, 2.05) is 50.2 Å². The highest BCUT2D eigenvalue weighted by Crippen LogP contribution is 2.24. The van der Waals surface area contributed by atoms with Crippen molar-refractivity contribution in [1.29, 1.82) is 0 Å². The fourth-order valence-electron chi connectivity index (χ4n) is 2.73. The van der Waals surface area contributed by atoms with E-state index in [4.69, 9.17) is 4.74 Å². The Morgan fingerprint density at radius 3 is 2.23 bits per heavy atom. The number of nitrogens with one attached hydrogen (secondary N) is 1. The van der Waals surface area contributed by atoms with Gasteiger partial charge in [0, 0.05) is 6.20 Å². The molecule has 0 spiro atoms. The average molecular weight is 346 g/mol. The van der Waals surface area contributed by atoms with E-state index in [1.54, 1.807) is 24.4 Å². The molecule has 0 fully saturated rings. The summed E-state index contributed by atoms with van der Waals surface area (Å²) in [6.45, 7) is 4.60. The van der Waals surface area contributed by atoms with Crippen molar-refractivity contribution in [3.8, 4) is 16.9 Å². The number of carbonyl (C=O) groups excluding carboxylic acids is 1. The zero-order valence-electron chi connectivity index (χ0n) is 15.0. The van der Waals surface area contributed by atoms with Crippen LogP contribution < -0.4 is 10.1 Å². The zero-order chi connectivity index (χ0) is 18.4. The molecule has 1 aromatic heterocycles. The number of ether oxygens (including phenoxy) is 1. The molecule has 0 saturated carbocycles. The highest BCUT2D eigenvalue weighted by atomic mass is 16.5. The second-order valence-corrected chi connectivity index (χ2v) is 5.99. The topological polar surface area (TPSA) is 51.2 Å². The Bertz CT molecular complexity index is 844. The van der Waals surface area contributed by atoms with Gasteiger partial charge in [0.15, 0.2) is 0 Å². The number of rotatable bonds is 6. The van der Waals surface area contributed by atoms with E-state index in [2.05, 4.69) is 22.4 Å². The minimum Gasteiger partial charge on any atom is -0.494 e. The lowest BCUT2D eigenvalue weighted by molar-refractivity contribution is 0.0935. The first kappa shape index (κ1) is 17.7. The van der Waals surface area contributed by atoms with Gasteiger partial charge in [-0.3, -0.25) is 9.78 Å². The maximum absolute atomic E-state index is 12.2. The summed E-state index contributed by atoms with van der Waals surface area (Å²) in [7, 11) is 0. The molecule has 1 amide bonds. The van der Waals surface area contributed by atoms with Crippen LogP contribution in [-0.2, 0) is 0 Å². The van der Waals surface area contributed by atoms with Crippen LogP contribution in [0.1, 0.15) is 35.9 Å². The minimum absolute atomic E-state index is 0.0983. The van der Waals surface area contributed by atoms with Crippen LogP contribution in [0, 0.1) is 0 Å². The Morgan fingerprint density at radius 2 is 1.65 bits per heavy atom. The Balaban J connectivity index is 1.67. The van der Waals surface area contributed by atoms with Gasteiger partial charge in [-0.2, -0.15) is 0 Å². The Labute approximate surface area is 153 Å². The molecule has 1 N–H and O–H groups in total. The van der Waals surface area contributed by atoms with E-state index >= 15 is 0 Å². The van der Waals surface area contributed by atoms with Crippen molar-refractivity contribution in [2.24, 2.45) is 0 Å². The molecule has 0 saturated heterocycles. The van der Waals surface area contributed by atoms with Crippen LogP contribution in [0.25, 0.3) is 11.1 Å². The van der Waals surface area contributed by atoms with E-state index in [1.165, 1.54) is 0 Å². The highest BCUT2D eigenvalue weighted by Gasteiger charge is 2.12. The maximum Gasteiger partial charge on any atom is 0.270 e. The number of amides is 1. The average Bonchev–Trinajstić information content (AvgIpc) is 2.69. The molecule has 132 valence electrons. The van der Waals surface area contributed by atoms with Crippen molar-refractivity contribution in [3.63, 3.8) is 0 Å². The number of benzene rings is 2. The highest BCUT2D eigenvalue weighted by molar-refractivity contribution is 5.92. The minimum atomic E-state index is -0.173. The van der Waals surface area contributed by atoms with Crippen LogP contribution in [0.5, 0.6) is 5.75 Å². The van der Waals surface area contributed by atoms with E-state index in [0.29, 0.717) is 12.3 Å². The summed E-state index contributed by atoms with van der Waals surface area (Å²) in [4.78, 5) is 16.3. The number of aromatic nitrogens is 1. The molecule has 3 aromatic rings. The van der Waals surface area contributed by atoms with Crippen LogP contribution in [0.4, 0.5) is 0 Å². The van der Waals surface area contributed by atoms with Crippen molar-refractivity contribution >= 4 is 5.91 Å². The summed E-state index contributed by atoms with van der Waals surface area (Å²) in [5.74, 6) is 0.701. The van der Waals surface area contributed by atoms with Crippen LogP contribution >= 0.6 is 0 Å². The van der Waals surface area contributed by atoms with Crippen molar-refractivity contribution in [1.82, 2.24) is 10.3 Å². The standard InChI is InChI=1S/C22H22N2O2/c1-3-26-20-13-11-19(12-14-20)18-9-7-17(8-10-18)16(2)24-22(25)21-6-4-5-15-23-21/h4-16H,3H2,1-2H3,(H,24,25). The molecule has 4 heteroatoms. The normalized spacial score (nSPS) is 11.6. The molecule has 4 nitrogen and oxygen atoms in total. The van der Waals surface area contributed by atoms with E-state index in [9.17, 15) is 4.79 Å². The van der Waals surface area contributed by atoms with Gasteiger partial charge in [-0.1, -0.05) is 42.5 Å². The van der Waals surface area contributed by atoms with Crippen LogP contribution in [-0.4, -0.2) is 17.5 Å². The van der Waals surface area contributed by atoms with E-state index in [-0.39, 0.29) is 11.9 Å². The first-order valence-electron chi connectivity index (χ1n) is 8.72. The van der Waals surface area contributed by atoms with Crippen molar-refractivity contribution in [3.05, 3.63) is 84.2 Å². The molecule has 1 atom stereocenters. The summed E-state index contributed by atoms with van der Waals surface area (Å²) in [5.41, 5.74) is 3.72.